The first-order valence-corrected chi connectivity index (χ1v) is 15.2. The lowest BCUT2D eigenvalue weighted by atomic mass is 10.0. The van der Waals surface area contributed by atoms with E-state index in [0.717, 1.165) is 53.8 Å². The molecule has 5 heterocycles. The molecule has 0 atom stereocenters. The van der Waals surface area contributed by atoms with Crippen molar-refractivity contribution in [2.24, 2.45) is 0 Å². The van der Waals surface area contributed by atoms with E-state index in [2.05, 4.69) is 36.8 Å². The van der Waals surface area contributed by atoms with E-state index in [9.17, 15) is 12.8 Å². The Kier molecular flexibility index (Phi) is 7.14. The Bertz CT molecular complexity index is 1560. The van der Waals surface area contributed by atoms with Gasteiger partial charge in [-0.3, -0.25) is 0 Å². The predicted octanol–water partition coefficient (Wildman–Crippen LogP) is 2.68. The van der Waals surface area contributed by atoms with E-state index in [-0.39, 0.29) is 17.4 Å². The first-order valence-electron chi connectivity index (χ1n) is 12.9. The monoisotopic (exact) mass is 568 g/mol. The normalized spacial score (nSPS) is 16.9. The van der Waals surface area contributed by atoms with Crippen LogP contribution in [0.4, 0.5) is 9.52 Å². The summed E-state index contributed by atoms with van der Waals surface area (Å²) in [5.41, 5.74) is 4.27. The zero-order valence-electron chi connectivity index (χ0n) is 21.6. The number of benzene rings is 1. The molecule has 3 aromatic heterocycles. The molecule has 10 nitrogen and oxygen atoms in total. The van der Waals surface area contributed by atoms with Crippen LogP contribution in [0.3, 0.4) is 0 Å². The van der Waals surface area contributed by atoms with Crippen molar-refractivity contribution in [1.29, 1.82) is 0 Å². The molecule has 0 N–H and O–H groups in total. The van der Waals surface area contributed by atoms with Gasteiger partial charge in [0.2, 0.25) is 0 Å². The van der Waals surface area contributed by atoms with Crippen molar-refractivity contribution in [3.63, 3.8) is 0 Å². The van der Waals surface area contributed by atoms with Crippen molar-refractivity contribution in [3.05, 3.63) is 71.1 Å². The molecule has 39 heavy (non-hydrogen) atoms. The van der Waals surface area contributed by atoms with E-state index in [1.54, 1.807) is 30.0 Å². The number of aryl methyl sites for hydroxylation is 2. The van der Waals surface area contributed by atoms with Gasteiger partial charge in [-0.15, -0.1) is 11.3 Å². The number of imidazole rings is 1. The van der Waals surface area contributed by atoms with E-state index >= 15 is 0 Å². The van der Waals surface area contributed by atoms with Crippen LogP contribution in [-0.2, 0) is 36.0 Å². The standard InChI is InChI=1S/C26H29FN8O2S2/c1-32-10-12-33(13-11-32)26-31-24(16-38-26)39(36,37)35-9-7-21-22(15-35)29-17-30-25(21)23-14-28-18-34(23)8-6-19-2-4-20(27)5-3-19/h2-5,14,16-18H,6-13,15H2,1H3. The average Bonchev–Trinajstić information content (AvgIpc) is 3.63. The third-order valence-corrected chi connectivity index (χ3v) is 10.1. The van der Waals surface area contributed by atoms with Gasteiger partial charge >= 0.3 is 0 Å². The maximum absolute atomic E-state index is 13.5. The molecule has 204 valence electrons. The van der Waals surface area contributed by atoms with Crippen LogP contribution in [0.15, 0.2) is 53.5 Å². The van der Waals surface area contributed by atoms with Crippen LogP contribution in [0.2, 0.25) is 0 Å². The van der Waals surface area contributed by atoms with Gasteiger partial charge in [0.05, 0.1) is 36.2 Å². The molecule has 1 aromatic carbocycles. The van der Waals surface area contributed by atoms with Gasteiger partial charge in [0.1, 0.15) is 12.1 Å². The first-order chi connectivity index (χ1) is 18.9. The number of aromatic nitrogens is 5. The van der Waals surface area contributed by atoms with Crippen molar-refractivity contribution in [2.75, 3.05) is 44.7 Å². The van der Waals surface area contributed by atoms with Crippen LogP contribution < -0.4 is 4.90 Å². The molecule has 0 bridgehead atoms. The molecule has 1 saturated heterocycles. The van der Waals surface area contributed by atoms with Crippen LogP contribution in [0.25, 0.3) is 11.4 Å². The topological polar surface area (TPSA) is 100 Å². The van der Waals surface area contributed by atoms with Gasteiger partial charge in [-0.05, 0) is 37.6 Å². The van der Waals surface area contributed by atoms with Gasteiger partial charge in [-0.25, -0.2) is 32.7 Å². The molecule has 6 rings (SSSR count). The fraction of sp³-hybridized carbons (Fsp3) is 0.385. The van der Waals surface area contributed by atoms with Gasteiger partial charge in [-0.1, -0.05) is 12.1 Å². The fourth-order valence-corrected chi connectivity index (χ4v) is 7.52. The summed E-state index contributed by atoms with van der Waals surface area (Å²) in [6, 6.07) is 6.49. The highest BCUT2D eigenvalue weighted by Crippen LogP contribution is 2.31. The van der Waals surface area contributed by atoms with Crippen molar-refractivity contribution >= 4 is 26.5 Å². The summed E-state index contributed by atoms with van der Waals surface area (Å²) in [4.78, 5) is 22.3. The molecule has 0 saturated carbocycles. The summed E-state index contributed by atoms with van der Waals surface area (Å²) in [5, 5.41) is 2.49. The first kappa shape index (κ1) is 26.0. The molecule has 13 heteroatoms. The van der Waals surface area contributed by atoms with Crippen LogP contribution in [0.5, 0.6) is 0 Å². The van der Waals surface area contributed by atoms with Gasteiger partial charge in [0, 0.05) is 50.2 Å². The van der Waals surface area contributed by atoms with Crippen LogP contribution in [0, 0.1) is 5.82 Å². The zero-order chi connectivity index (χ0) is 27.0. The smallest absolute Gasteiger partial charge is 0.261 e. The zero-order valence-corrected chi connectivity index (χ0v) is 23.2. The van der Waals surface area contributed by atoms with Gasteiger partial charge in [-0.2, -0.15) is 4.31 Å². The minimum absolute atomic E-state index is 0.0954. The number of fused-ring (bicyclic) bond motifs is 1. The lowest BCUT2D eigenvalue weighted by molar-refractivity contribution is 0.312. The number of halogens is 1. The van der Waals surface area contributed by atoms with Crippen LogP contribution in [-0.4, -0.2) is 81.9 Å². The highest BCUT2D eigenvalue weighted by atomic mass is 32.2. The molecule has 2 aliphatic rings. The average molecular weight is 569 g/mol. The second-order valence-electron chi connectivity index (χ2n) is 9.84. The maximum atomic E-state index is 13.5. The maximum Gasteiger partial charge on any atom is 0.261 e. The molecule has 1 fully saturated rings. The van der Waals surface area contributed by atoms with Gasteiger partial charge in [0.25, 0.3) is 10.0 Å². The van der Waals surface area contributed by atoms with E-state index < -0.39 is 10.0 Å². The Balaban J connectivity index is 1.19. The minimum atomic E-state index is -3.76. The Hall–Kier alpha value is -3.26. The number of sulfonamides is 1. The second kappa shape index (κ2) is 10.7. The number of piperazine rings is 1. The molecule has 0 radical (unpaired) electrons. The Morgan fingerprint density at radius 2 is 1.85 bits per heavy atom. The number of hydrogen-bond acceptors (Lipinski definition) is 9. The van der Waals surface area contributed by atoms with E-state index in [0.29, 0.717) is 31.6 Å². The molecular weight excluding hydrogens is 539 g/mol. The molecule has 0 aliphatic carbocycles. The Morgan fingerprint density at radius 1 is 1.05 bits per heavy atom. The Labute approximate surface area is 230 Å². The summed E-state index contributed by atoms with van der Waals surface area (Å²) in [6.07, 6.45) is 6.21. The third-order valence-electron chi connectivity index (χ3n) is 7.33. The number of hydrogen-bond donors (Lipinski definition) is 0. The summed E-state index contributed by atoms with van der Waals surface area (Å²) in [5.74, 6) is -0.254. The van der Waals surface area contributed by atoms with E-state index in [4.69, 9.17) is 0 Å². The highest BCUT2D eigenvalue weighted by Gasteiger charge is 2.33. The molecule has 2 aliphatic heterocycles. The molecule has 0 amide bonds. The molecule has 4 aromatic rings. The summed E-state index contributed by atoms with van der Waals surface area (Å²) in [7, 11) is -1.68. The summed E-state index contributed by atoms with van der Waals surface area (Å²) in [6.45, 7) is 4.66. The number of anilines is 1. The number of rotatable bonds is 7. The molecule has 0 unspecified atom stereocenters. The minimum Gasteiger partial charge on any atom is -0.345 e. The Morgan fingerprint density at radius 3 is 2.64 bits per heavy atom. The van der Waals surface area contributed by atoms with E-state index in [1.165, 1.54) is 34.1 Å². The van der Waals surface area contributed by atoms with Gasteiger partial charge < -0.3 is 14.4 Å². The van der Waals surface area contributed by atoms with Crippen molar-refractivity contribution < 1.29 is 12.8 Å². The van der Waals surface area contributed by atoms with Crippen LogP contribution >= 0.6 is 11.3 Å². The predicted molar refractivity (Wildman–Crippen MR) is 146 cm³/mol. The summed E-state index contributed by atoms with van der Waals surface area (Å²) >= 11 is 1.38. The molecule has 0 spiro atoms. The van der Waals surface area contributed by atoms with Crippen molar-refractivity contribution in [1.82, 2.24) is 33.7 Å². The largest absolute Gasteiger partial charge is 0.345 e. The number of likely N-dealkylation sites (N-methyl/N-ethyl adjacent to an activating group) is 1. The SMILES string of the molecule is CN1CCN(c2nc(S(=O)(=O)N3CCc4c(ncnc4-c4cncn4CCc4ccc(F)cc4)C3)cs2)CC1. The number of thiazole rings is 1. The highest BCUT2D eigenvalue weighted by molar-refractivity contribution is 7.89. The third kappa shape index (κ3) is 5.31. The lowest BCUT2D eigenvalue weighted by Crippen LogP contribution is -2.44. The quantitative estimate of drug-likeness (QED) is 0.336. The van der Waals surface area contributed by atoms with Crippen molar-refractivity contribution in [2.45, 2.75) is 31.0 Å². The second-order valence-corrected chi connectivity index (χ2v) is 12.6. The molecular formula is C26H29FN8O2S2. The van der Waals surface area contributed by atoms with Gasteiger partial charge in [0.15, 0.2) is 10.2 Å². The van der Waals surface area contributed by atoms with E-state index in [1.807, 2.05) is 4.57 Å². The summed E-state index contributed by atoms with van der Waals surface area (Å²) < 4.78 is 43.8. The fourth-order valence-electron chi connectivity index (χ4n) is 5.00. The van der Waals surface area contributed by atoms with Crippen LogP contribution in [0.1, 0.15) is 16.8 Å². The number of nitrogens with zero attached hydrogens (tertiary/aromatic N) is 8. The lowest BCUT2D eigenvalue weighted by Gasteiger charge is -2.32. The van der Waals surface area contributed by atoms with Crippen molar-refractivity contribution in [3.8, 4) is 11.4 Å².